The van der Waals surface area contributed by atoms with Crippen molar-refractivity contribution in [1.82, 2.24) is 9.97 Å². The van der Waals surface area contributed by atoms with Gasteiger partial charge in [0.15, 0.2) is 5.01 Å². The summed E-state index contributed by atoms with van der Waals surface area (Å²) in [5.41, 5.74) is 1.37. The molecule has 0 unspecified atom stereocenters. The Bertz CT molecular complexity index is 451. The second-order valence-corrected chi connectivity index (χ2v) is 3.70. The summed E-state index contributed by atoms with van der Waals surface area (Å²) < 4.78 is 0. The normalized spacial score (nSPS) is 10.1. The Balaban J connectivity index is 2.42. The first kappa shape index (κ1) is 9.02. The molecule has 3 nitrogen and oxygen atoms in total. The molecule has 2 aromatic heterocycles. The maximum atomic E-state index is 11.8. The van der Waals surface area contributed by atoms with Crippen LogP contribution >= 0.6 is 11.3 Å². The number of pyridine rings is 1. The van der Waals surface area contributed by atoms with Crippen molar-refractivity contribution in [2.24, 2.45) is 0 Å². The van der Waals surface area contributed by atoms with E-state index in [2.05, 4.69) is 9.97 Å². The van der Waals surface area contributed by atoms with Crippen molar-refractivity contribution >= 4 is 17.1 Å². The molecule has 0 atom stereocenters. The monoisotopic (exact) mass is 204 g/mol. The summed E-state index contributed by atoms with van der Waals surface area (Å²) in [6.07, 6.45) is 3.30. The zero-order valence-corrected chi connectivity index (χ0v) is 8.41. The molecule has 14 heavy (non-hydrogen) atoms. The first-order chi connectivity index (χ1) is 6.79. The minimum absolute atomic E-state index is 0.0504. The number of rotatable bonds is 2. The van der Waals surface area contributed by atoms with E-state index in [0.717, 1.165) is 5.69 Å². The van der Waals surface area contributed by atoms with E-state index in [1.165, 1.54) is 11.3 Å². The van der Waals surface area contributed by atoms with Gasteiger partial charge >= 0.3 is 0 Å². The fourth-order valence-corrected chi connectivity index (χ4v) is 1.76. The molecule has 4 heteroatoms. The smallest absolute Gasteiger partial charge is 0.223 e. The van der Waals surface area contributed by atoms with Crippen LogP contribution in [0.25, 0.3) is 0 Å². The fraction of sp³-hybridized carbons (Fsp3) is 0.100. The van der Waals surface area contributed by atoms with Crippen LogP contribution in [0.1, 0.15) is 21.1 Å². The summed E-state index contributed by atoms with van der Waals surface area (Å²) in [6, 6.07) is 3.53. The number of carbonyl (C=O) groups is 1. The minimum atomic E-state index is -0.0504. The van der Waals surface area contributed by atoms with Crippen LogP contribution in [-0.4, -0.2) is 15.8 Å². The topological polar surface area (TPSA) is 42.9 Å². The van der Waals surface area contributed by atoms with E-state index < -0.39 is 0 Å². The first-order valence-electron chi connectivity index (χ1n) is 4.15. The zero-order valence-electron chi connectivity index (χ0n) is 7.60. The maximum absolute atomic E-state index is 11.8. The van der Waals surface area contributed by atoms with Crippen molar-refractivity contribution in [3.05, 3.63) is 46.2 Å². The molecule has 0 radical (unpaired) electrons. The molecule has 0 aliphatic rings. The van der Waals surface area contributed by atoms with Crippen LogP contribution in [0.3, 0.4) is 0 Å². The standard InChI is InChI=1S/C10H8N2OS/c1-7-8(3-2-4-11-7)9(13)10-12-5-6-14-10/h2-6H,1H3. The van der Waals surface area contributed by atoms with Gasteiger partial charge in [-0.05, 0) is 19.1 Å². The number of nitrogens with zero attached hydrogens (tertiary/aromatic N) is 2. The first-order valence-corrected chi connectivity index (χ1v) is 5.03. The quantitative estimate of drug-likeness (QED) is 0.703. The molecule has 70 valence electrons. The predicted molar refractivity (Wildman–Crippen MR) is 54.5 cm³/mol. The molecule has 0 aliphatic carbocycles. The largest absolute Gasteiger partial charge is 0.286 e. The second kappa shape index (κ2) is 3.67. The van der Waals surface area contributed by atoms with Gasteiger partial charge in [0.05, 0.1) is 0 Å². The van der Waals surface area contributed by atoms with Crippen LogP contribution < -0.4 is 0 Å². The van der Waals surface area contributed by atoms with Crippen LogP contribution in [0.15, 0.2) is 29.9 Å². The molecule has 0 saturated heterocycles. The number of ketones is 1. The van der Waals surface area contributed by atoms with Gasteiger partial charge in [-0.15, -0.1) is 11.3 Å². The molecule has 0 aliphatic heterocycles. The molecule has 0 saturated carbocycles. The summed E-state index contributed by atoms with van der Waals surface area (Å²) in [4.78, 5) is 19.9. The Hall–Kier alpha value is -1.55. The fourth-order valence-electron chi connectivity index (χ4n) is 1.18. The zero-order chi connectivity index (χ0) is 9.97. The van der Waals surface area contributed by atoms with Gasteiger partial charge in [-0.25, -0.2) is 4.98 Å². The molecule has 0 bridgehead atoms. The van der Waals surface area contributed by atoms with E-state index in [-0.39, 0.29) is 5.78 Å². The van der Waals surface area contributed by atoms with Crippen molar-refractivity contribution in [2.45, 2.75) is 6.92 Å². The lowest BCUT2D eigenvalue weighted by Gasteiger charge is -1.99. The van der Waals surface area contributed by atoms with Gasteiger partial charge in [-0.3, -0.25) is 9.78 Å². The van der Waals surface area contributed by atoms with Gasteiger partial charge in [0.25, 0.3) is 0 Å². The van der Waals surface area contributed by atoms with E-state index in [9.17, 15) is 4.79 Å². The van der Waals surface area contributed by atoms with Crippen molar-refractivity contribution in [3.8, 4) is 0 Å². The second-order valence-electron chi connectivity index (χ2n) is 2.80. The molecule has 0 aromatic carbocycles. The van der Waals surface area contributed by atoms with Gasteiger partial charge in [0.1, 0.15) is 0 Å². The molecule has 2 heterocycles. The third kappa shape index (κ3) is 1.56. The minimum Gasteiger partial charge on any atom is -0.286 e. The van der Waals surface area contributed by atoms with E-state index >= 15 is 0 Å². The van der Waals surface area contributed by atoms with Crippen LogP contribution in [0.4, 0.5) is 0 Å². The Morgan fingerprint density at radius 2 is 2.21 bits per heavy atom. The van der Waals surface area contributed by atoms with Crippen LogP contribution in [-0.2, 0) is 0 Å². The summed E-state index contributed by atoms with van der Waals surface area (Å²) >= 11 is 1.35. The number of thiazole rings is 1. The Morgan fingerprint density at radius 3 is 2.86 bits per heavy atom. The number of aryl methyl sites for hydroxylation is 1. The highest BCUT2D eigenvalue weighted by atomic mass is 32.1. The Morgan fingerprint density at radius 1 is 1.36 bits per heavy atom. The van der Waals surface area contributed by atoms with E-state index in [0.29, 0.717) is 10.6 Å². The molecule has 2 rings (SSSR count). The van der Waals surface area contributed by atoms with Crippen molar-refractivity contribution < 1.29 is 4.79 Å². The summed E-state index contributed by atoms with van der Waals surface area (Å²) in [5.74, 6) is -0.0504. The van der Waals surface area contributed by atoms with E-state index in [1.807, 2.05) is 6.92 Å². The van der Waals surface area contributed by atoms with Crippen LogP contribution in [0, 0.1) is 6.92 Å². The Labute approximate surface area is 85.5 Å². The molecule has 0 fully saturated rings. The predicted octanol–water partition coefficient (Wildman–Crippen LogP) is 2.08. The third-order valence-corrected chi connectivity index (χ3v) is 2.65. The van der Waals surface area contributed by atoms with Crippen molar-refractivity contribution in [2.75, 3.05) is 0 Å². The average Bonchev–Trinajstić information content (AvgIpc) is 2.70. The van der Waals surface area contributed by atoms with Gasteiger partial charge in [0.2, 0.25) is 5.78 Å². The van der Waals surface area contributed by atoms with Crippen LogP contribution in [0.5, 0.6) is 0 Å². The van der Waals surface area contributed by atoms with Gasteiger partial charge < -0.3 is 0 Å². The highest BCUT2D eigenvalue weighted by molar-refractivity contribution is 7.11. The summed E-state index contributed by atoms with van der Waals surface area (Å²) in [7, 11) is 0. The lowest BCUT2D eigenvalue weighted by Crippen LogP contribution is -2.03. The maximum Gasteiger partial charge on any atom is 0.223 e. The number of hydrogen-bond donors (Lipinski definition) is 0. The van der Waals surface area contributed by atoms with Crippen molar-refractivity contribution in [1.29, 1.82) is 0 Å². The molecule has 2 aromatic rings. The summed E-state index contributed by atoms with van der Waals surface area (Å²) in [6.45, 7) is 1.82. The van der Waals surface area contributed by atoms with E-state index in [1.54, 1.807) is 29.9 Å². The van der Waals surface area contributed by atoms with Gasteiger partial charge in [0, 0.05) is 29.0 Å². The van der Waals surface area contributed by atoms with Gasteiger partial charge in [-0.2, -0.15) is 0 Å². The highest BCUT2D eigenvalue weighted by Gasteiger charge is 2.13. The SMILES string of the molecule is Cc1ncccc1C(=O)c1nccs1. The number of aromatic nitrogens is 2. The lowest BCUT2D eigenvalue weighted by atomic mass is 10.1. The molecular formula is C10H8N2OS. The number of hydrogen-bond acceptors (Lipinski definition) is 4. The summed E-state index contributed by atoms with van der Waals surface area (Å²) in [5, 5.41) is 2.31. The highest BCUT2D eigenvalue weighted by Crippen LogP contribution is 2.13. The molecular weight excluding hydrogens is 196 g/mol. The van der Waals surface area contributed by atoms with Crippen molar-refractivity contribution in [3.63, 3.8) is 0 Å². The molecule has 0 spiro atoms. The van der Waals surface area contributed by atoms with Gasteiger partial charge in [-0.1, -0.05) is 0 Å². The third-order valence-electron chi connectivity index (χ3n) is 1.88. The lowest BCUT2D eigenvalue weighted by molar-refractivity contribution is 0.103. The average molecular weight is 204 g/mol. The number of carbonyl (C=O) groups excluding carboxylic acids is 1. The van der Waals surface area contributed by atoms with E-state index in [4.69, 9.17) is 0 Å². The molecule has 0 N–H and O–H groups in total. The Kier molecular flexibility index (Phi) is 2.37. The van der Waals surface area contributed by atoms with Crippen LogP contribution in [0.2, 0.25) is 0 Å². The molecule has 0 amide bonds.